The largest absolute Gasteiger partial charge is 0.444 e. The van der Waals surface area contributed by atoms with Crippen molar-refractivity contribution in [1.29, 1.82) is 0 Å². The van der Waals surface area contributed by atoms with Gasteiger partial charge in [0, 0.05) is 48.4 Å². The van der Waals surface area contributed by atoms with Gasteiger partial charge in [-0.1, -0.05) is 26.3 Å². The van der Waals surface area contributed by atoms with Crippen molar-refractivity contribution in [3.63, 3.8) is 0 Å². The maximum Gasteiger partial charge on any atom is 0.410 e. The number of unbranched alkanes of at least 4 members (excludes halogenated alkanes) is 1. The quantitative estimate of drug-likeness (QED) is 0.469. The van der Waals surface area contributed by atoms with Crippen molar-refractivity contribution in [3.05, 3.63) is 36.7 Å². The zero-order valence-electron chi connectivity index (χ0n) is 18.6. The van der Waals surface area contributed by atoms with Gasteiger partial charge in [-0.2, -0.15) is 0 Å². The molecule has 0 saturated carbocycles. The molecule has 0 saturated heterocycles. The monoisotopic (exact) mass is 417 g/mol. The highest BCUT2D eigenvalue weighted by atomic mass is 32.2. The van der Waals surface area contributed by atoms with E-state index in [1.807, 2.05) is 44.1 Å². The summed E-state index contributed by atoms with van der Waals surface area (Å²) in [6, 6.07) is 8.67. The molecule has 0 aliphatic rings. The third-order valence-electron chi connectivity index (χ3n) is 4.56. The lowest BCUT2D eigenvalue weighted by Gasteiger charge is -2.33. The molecule has 1 amide bonds. The standard InChI is InChI=1S/C23H35N3O2S/c1-7-9-14-25(22(27)28-23(4,5)6)17-18(3)26(8-2)29-21-11-10-20-16-24-13-12-19(20)15-21/h10-13,15-16,18H,7-9,14,17H2,1-6H3/t18-/m1/s1. The smallest absolute Gasteiger partial charge is 0.410 e. The first-order valence-corrected chi connectivity index (χ1v) is 11.3. The van der Waals surface area contributed by atoms with E-state index in [0.717, 1.165) is 31.3 Å². The minimum Gasteiger partial charge on any atom is -0.444 e. The van der Waals surface area contributed by atoms with Gasteiger partial charge < -0.3 is 9.64 Å². The Morgan fingerprint density at radius 3 is 2.62 bits per heavy atom. The van der Waals surface area contributed by atoms with E-state index in [2.05, 4.69) is 48.3 Å². The molecule has 1 aromatic heterocycles. The first-order valence-electron chi connectivity index (χ1n) is 10.5. The van der Waals surface area contributed by atoms with Crippen molar-refractivity contribution < 1.29 is 9.53 Å². The topological polar surface area (TPSA) is 45.7 Å². The number of fused-ring (bicyclic) bond motifs is 1. The van der Waals surface area contributed by atoms with Crippen LogP contribution in [0.4, 0.5) is 4.79 Å². The maximum atomic E-state index is 12.7. The molecular weight excluding hydrogens is 382 g/mol. The summed E-state index contributed by atoms with van der Waals surface area (Å²) in [5, 5.41) is 2.33. The minimum absolute atomic E-state index is 0.197. The van der Waals surface area contributed by atoms with Gasteiger partial charge >= 0.3 is 6.09 Å². The van der Waals surface area contributed by atoms with Crippen molar-refractivity contribution in [2.75, 3.05) is 19.6 Å². The van der Waals surface area contributed by atoms with Crippen LogP contribution < -0.4 is 0 Å². The number of carbonyl (C=O) groups is 1. The zero-order valence-corrected chi connectivity index (χ0v) is 19.5. The van der Waals surface area contributed by atoms with Gasteiger partial charge in [0.25, 0.3) is 0 Å². The number of likely N-dealkylation sites (N-methyl/N-ethyl adjacent to an activating group) is 1. The van der Waals surface area contributed by atoms with Crippen LogP contribution in [0.2, 0.25) is 0 Å². The van der Waals surface area contributed by atoms with Crippen LogP contribution in [-0.4, -0.2) is 51.6 Å². The summed E-state index contributed by atoms with van der Waals surface area (Å²) in [5.41, 5.74) is -0.482. The molecule has 1 atom stereocenters. The average molecular weight is 418 g/mol. The molecule has 5 nitrogen and oxygen atoms in total. The highest BCUT2D eigenvalue weighted by Crippen LogP contribution is 2.28. The number of hydrogen-bond donors (Lipinski definition) is 0. The molecule has 1 aromatic carbocycles. The van der Waals surface area contributed by atoms with Gasteiger partial charge in [0.2, 0.25) is 0 Å². The Kier molecular flexibility index (Phi) is 8.78. The van der Waals surface area contributed by atoms with Crippen LogP contribution in [0.5, 0.6) is 0 Å². The lowest BCUT2D eigenvalue weighted by Crippen LogP contribution is -2.44. The molecule has 0 unspecified atom stereocenters. The van der Waals surface area contributed by atoms with E-state index < -0.39 is 5.60 Å². The van der Waals surface area contributed by atoms with Crippen LogP contribution in [0.25, 0.3) is 10.8 Å². The van der Waals surface area contributed by atoms with Gasteiger partial charge in [0.05, 0.1) is 0 Å². The number of benzene rings is 1. The number of aromatic nitrogens is 1. The predicted octanol–water partition coefficient (Wildman–Crippen LogP) is 5.99. The average Bonchev–Trinajstić information content (AvgIpc) is 2.67. The van der Waals surface area contributed by atoms with Crippen molar-refractivity contribution in [1.82, 2.24) is 14.2 Å². The summed E-state index contributed by atoms with van der Waals surface area (Å²) in [6.45, 7) is 14.5. The van der Waals surface area contributed by atoms with Crippen LogP contribution in [0.3, 0.4) is 0 Å². The lowest BCUT2D eigenvalue weighted by atomic mass is 10.2. The number of ether oxygens (including phenoxy) is 1. The Hall–Kier alpha value is -1.79. The molecule has 6 heteroatoms. The van der Waals surface area contributed by atoms with E-state index in [9.17, 15) is 4.79 Å². The number of rotatable bonds is 9. The maximum absolute atomic E-state index is 12.7. The Morgan fingerprint density at radius 1 is 1.21 bits per heavy atom. The van der Waals surface area contributed by atoms with Gasteiger partial charge in [-0.15, -0.1) is 0 Å². The van der Waals surface area contributed by atoms with Crippen LogP contribution in [0.15, 0.2) is 41.6 Å². The van der Waals surface area contributed by atoms with Gasteiger partial charge in [0.1, 0.15) is 5.60 Å². The van der Waals surface area contributed by atoms with Gasteiger partial charge in [-0.25, -0.2) is 9.10 Å². The van der Waals surface area contributed by atoms with Crippen LogP contribution in [0.1, 0.15) is 54.4 Å². The molecule has 0 aliphatic carbocycles. The highest BCUT2D eigenvalue weighted by Gasteiger charge is 2.25. The summed E-state index contributed by atoms with van der Waals surface area (Å²) >= 11 is 1.74. The molecule has 0 aliphatic heterocycles. The second-order valence-corrected chi connectivity index (χ2v) is 9.46. The fourth-order valence-corrected chi connectivity index (χ4v) is 4.02. The summed E-state index contributed by atoms with van der Waals surface area (Å²) in [6.07, 6.45) is 5.51. The van der Waals surface area contributed by atoms with Crippen LogP contribution in [0, 0.1) is 0 Å². The van der Waals surface area contributed by atoms with E-state index >= 15 is 0 Å². The Balaban J connectivity index is 2.07. The molecule has 0 spiro atoms. The molecule has 160 valence electrons. The third-order valence-corrected chi connectivity index (χ3v) is 5.87. The van der Waals surface area contributed by atoms with E-state index in [0.29, 0.717) is 6.54 Å². The molecular formula is C23H35N3O2S. The lowest BCUT2D eigenvalue weighted by molar-refractivity contribution is 0.0219. The molecule has 2 rings (SSSR count). The van der Waals surface area contributed by atoms with E-state index in [4.69, 9.17) is 4.74 Å². The van der Waals surface area contributed by atoms with E-state index in [-0.39, 0.29) is 12.1 Å². The van der Waals surface area contributed by atoms with Crippen molar-refractivity contribution in [2.24, 2.45) is 0 Å². The van der Waals surface area contributed by atoms with Crippen molar-refractivity contribution in [2.45, 2.75) is 70.9 Å². The molecule has 0 radical (unpaired) electrons. The number of hydrogen-bond acceptors (Lipinski definition) is 5. The van der Waals surface area contributed by atoms with Crippen molar-refractivity contribution >= 4 is 28.8 Å². The van der Waals surface area contributed by atoms with Crippen LogP contribution >= 0.6 is 11.9 Å². The van der Waals surface area contributed by atoms with E-state index in [1.165, 1.54) is 10.3 Å². The van der Waals surface area contributed by atoms with Gasteiger partial charge in [-0.3, -0.25) is 4.98 Å². The zero-order chi connectivity index (χ0) is 21.4. The van der Waals surface area contributed by atoms with E-state index in [1.54, 1.807) is 11.9 Å². The summed E-state index contributed by atoms with van der Waals surface area (Å²) in [7, 11) is 0. The van der Waals surface area contributed by atoms with Gasteiger partial charge in [-0.05, 0) is 69.6 Å². The van der Waals surface area contributed by atoms with Crippen molar-refractivity contribution in [3.8, 4) is 0 Å². The fraction of sp³-hybridized carbons (Fsp3) is 0.565. The number of nitrogens with zero attached hydrogens (tertiary/aromatic N) is 3. The third kappa shape index (κ3) is 7.52. The molecule has 0 fully saturated rings. The Bertz CT molecular complexity index is 791. The number of carbonyl (C=O) groups excluding carboxylic acids is 1. The molecule has 0 bridgehead atoms. The fourth-order valence-electron chi connectivity index (χ4n) is 3.06. The summed E-state index contributed by atoms with van der Waals surface area (Å²) in [4.78, 5) is 19.9. The minimum atomic E-state index is -0.482. The second kappa shape index (κ2) is 10.8. The Labute approximate surface area is 179 Å². The predicted molar refractivity (Wildman–Crippen MR) is 122 cm³/mol. The van der Waals surface area contributed by atoms with Gasteiger partial charge in [0.15, 0.2) is 0 Å². The highest BCUT2D eigenvalue weighted by molar-refractivity contribution is 7.97. The normalized spacial score (nSPS) is 12.9. The molecule has 2 aromatic rings. The Morgan fingerprint density at radius 2 is 1.97 bits per heavy atom. The SMILES string of the molecule is CCCCN(C[C@@H](C)N(CC)Sc1ccc2cnccc2c1)C(=O)OC(C)(C)C. The summed E-state index contributed by atoms with van der Waals surface area (Å²) < 4.78 is 7.96. The summed E-state index contributed by atoms with van der Waals surface area (Å²) in [5.74, 6) is 0. The molecule has 0 N–H and O–H groups in total. The molecule has 29 heavy (non-hydrogen) atoms. The van der Waals surface area contributed by atoms with Crippen LogP contribution in [-0.2, 0) is 4.74 Å². The number of amides is 1. The first kappa shape index (κ1) is 23.5. The first-order chi connectivity index (χ1) is 13.7. The second-order valence-electron chi connectivity index (χ2n) is 8.34. The molecule has 1 heterocycles. The number of pyridine rings is 1.